The Hall–Kier alpha value is -0.610. The molecule has 0 aromatic carbocycles. The first kappa shape index (κ1) is 14.4. The van der Waals surface area contributed by atoms with E-state index in [0.717, 1.165) is 0 Å². The van der Waals surface area contributed by atoms with Gasteiger partial charge in [0.1, 0.15) is 5.54 Å². The van der Waals surface area contributed by atoms with Gasteiger partial charge in [0.2, 0.25) is 0 Å². The third-order valence-electron chi connectivity index (χ3n) is 2.23. The molecule has 0 amide bonds. The van der Waals surface area contributed by atoms with Gasteiger partial charge in [0.25, 0.3) is 0 Å². The maximum atomic E-state index is 11.2. The number of hydrogen-bond acceptors (Lipinski definition) is 3. The van der Waals surface area contributed by atoms with Gasteiger partial charge in [0, 0.05) is 19.1 Å². The van der Waals surface area contributed by atoms with Crippen molar-refractivity contribution >= 4 is 5.97 Å². The molecule has 2 N–H and O–H groups in total. The molecule has 4 nitrogen and oxygen atoms in total. The monoisotopic (exact) mass is 217 g/mol. The lowest BCUT2D eigenvalue weighted by Gasteiger charge is -2.31. The van der Waals surface area contributed by atoms with Crippen LogP contribution in [0.4, 0.5) is 0 Å². The van der Waals surface area contributed by atoms with Gasteiger partial charge in [-0.25, -0.2) is 0 Å². The van der Waals surface area contributed by atoms with Crippen molar-refractivity contribution in [2.24, 2.45) is 0 Å². The SMILES string of the molecule is CCOC(C)CC(C)(NC(C)C)C(=O)O. The lowest BCUT2D eigenvalue weighted by molar-refractivity contribution is -0.146. The Balaban J connectivity index is 4.44. The quantitative estimate of drug-likeness (QED) is 0.680. The van der Waals surface area contributed by atoms with Gasteiger partial charge in [0.05, 0.1) is 6.10 Å². The van der Waals surface area contributed by atoms with Crippen molar-refractivity contribution in [3.05, 3.63) is 0 Å². The van der Waals surface area contributed by atoms with Crippen LogP contribution in [-0.2, 0) is 9.53 Å². The molecule has 2 unspecified atom stereocenters. The first-order valence-corrected chi connectivity index (χ1v) is 5.44. The summed E-state index contributed by atoms with van der Waals surface area (Å²) in [6.07, 6.45) is 0.413. The molecule has 2 atom stereocenters. The molecule has 0 heterocycles. The predicted octanol–water partition coefficient (Wildman–Crippen LogP) is 1.64. The molecule has 0 fully saturated rings. The van der Waals surface area contributed by atoms with E-state index in [1.807, 2.05) is 27.7 Å². The fourth-order valence-electron chi connectivity index (χ4n) is 1.76. The zero-order valence-electron chi connectivity index (χ0n) is 10.3. The Morgan fingerprint density at radius 1 is 1.47 bits per heavy atom. The van der Waals surface area contributed by atoms with Crippen LogP contribution in [0.25, 0.3) is 0 Å². The van der Waals surface area contributed by atoms with Crippen molar-refractivity contribution in [1.29, 1.82) is 0 Å². The molecule has 0 aliphatic carbocycles. The van der Waals surface area contributed by atoms with Gasteiger partial charge < -0.3 is 9.84 Å². The van der Waals surface area contributed by atoms with E-state index >= 15 is 0 Å². The Labute approximate surface area is 92.0 Å². The van der Waals surface area contributed by atoms with Crippen LogP contribution in [-0.4, -0.2) is 35.4 Å². The molecule has 0 spiro atoms. The molecule has 0 aromatic heterocycles. The fourth-order valence-corrected chi connectivity index (χ4v) is 1.76. The van der Waals surface area contributed by atoms with Crippen molar-refractivity contribution in [2.75, 3.05) is 6.61 Å². The Bertz CT molecular complexity index is 206. The summed E-state index contributed by atoms with van der Waals surface area (Å²) in [6.45, 7) is 9.99. The number of hydrogen-bond donors (Lipinski definition) is 2. The second-order valence-electron chi connectivity index (χ2n) is 4.41. The van der Waals surface area contributed by atoms with Gasteiger partial charge in [-0.1, -0.05) is 0 Å². The molecule has 0 radical (unpaired) electrons. The third-order valence-corrected chi connectivity index (χ3v) is 2.23. The van der Waals surface area contributed by atoms with Crippen molar-refractivity contribution in [3.63, 3.8) is 0 Å². The van der Waals surface area contributed by atoms with E-state index in [-0.39, 0.29) is 12.1 Å². The zero-order valence-corrected chi connectivity index (χ0v) is 10.3. The van der Waals surface area contributed by atoms with E-state index in [1.165, 1.54) is 0 Å². The minimum Gasteiger partial charge on any atom is -0.480 e. The Kier molecular flexibility index (Phi) is 5.83. The molecular formula is C11H23NO3. The average Bonchev–Trinajstić information content (AvgIpc) is 2.01. The molecule has 0 aliphatic rings. The lowest BCUT2D eigenvalue weighted by Crippen LogP contribution is -2.54. The molecule has 0 rings (SSSR count). The Morgan fingerprint density at radius 2 is 2.00 bits per heavy atom. The maximum absolute atomic E-state index is 11.2. The van der Waals surface area contributed by atoms with Crippen molar-refractivity contribution in [3.8, 4) is 0 Å². The van der Waals surface area contributed by atoms with Gasteiger partial charge in [-0.3, -0.25) is 10.1 Å². The van der Waals surface area contributed by atoms with Gasteiger partial charge in [-0.05, 0) is 34.6 Å². The van der Waals surface area contributed by atoms with E-state index in [9.17, 15) is 9.90 Å². The van der Waals surface area contributed by atoms with E-state index < -0.39 is 11.5 Å². The topological polar surface area (TPSA) is 58.6 Å². The summed E-state index contributed by atoms with van der Waals surface area (Å²) in [6, 6.07) is 0.139. The molecule has 4 heteroatoms. The van der Waals surface area contributed by atoms with Crippen LogP contribution in [0, 0.1) is 0 Å². The third kappa shape index (κ3) is 5.14. The highest BCUT2D eigenvalue weighted by Crippen LogP contribution is 2.16. The summed E-state index contributed by atoms with van der Waals surface area (Å²) in [4.78, 5) is 11.2. The summed E-state index contributed by atoms with van der Waals surface area (Å²) in [5.41, 5.74) is -0.914. The minimum atomic E-state index is -0.914. The van der Waals surface area contributed by atoms with Crippen LogP contribution in [0.2, 0.25) is 0 Å². The van der Waals surface area contributed by atoms with Gasteiger partial charge in [0.15, 0.2) is 0 Å². The minimum absolute atomic E-state index is 0.0534. The summed E-state index contributed by atoms with van der Waals surface area (Å²) < 4.78 is 5.37. The maximum Gasteiger partial charge on any atom is 0.323 e. The van der Waals surface area contributed by atoms with Crippen molar-refractivity contribution < 1.29 is 14.6 Å². The summed E-state index contributed by atoms with van der Waals surface area (Å²) >= 11 is 0. The van der Waals surface area contributed by atoms with E-state index in [2.05, 4.69) is 5.32 Å². The van der Waals surface area contributed by atoms with Gasteiger partial charge in [-0.15, -0.1) is 0 Å². The van der Waals surface area contributed by atoms with Crippen LogP contribution in [0.5, 0.6) is 0 Å². The van der Waals surface area contributed by atoms with Crippen LogP contribution >= 0.6 is 0 Å². The number of nitrogens with one attached hydrogen (secondary N) is 1. The number of carboxylic acid groups (broad SMARTS) is 1. The van der Waals surface area contributed by atoms with E-state index in [4.69, 9.17) is 4.74 Å². The standard InChI is InChI=1S/C11H23NO3/c1-6-15-9(4)7-11(5,10(13)14)12-8(2)3/h8-9,12H,6-7H2,1-5H3,(H,13,14). The van der Waals surface area contributed by atoms with Crippen molar-refractivity contribution in [1.82, 2.24) is 5.32 Å². The highest BCUT2D eigenvalue weighted by atomic mass is 16.5. The molecule has 0 saturated heterocycles. The van der Waals surface area contributed by atoms with E-state index in [1.54, 1.807) is 6.92 Å². The average molecular weight is 217 g/mol. The molecule has 0 bridgehead atoms. The van der Waals surface area contributed by atoms with Crippen LogP contribution < -0.4 is 5.32 Å². The predicted molar refractivity (Wildman–Crippen MR) is 60.0 cm³/mol. The number of carbonyl (C=O) groups is 1. The second-order valence-corrected chi connectivity index (χ2v) is 4.41. The molecule has 0 aliphatic heterocycles. The first-order valence-electron chi connectivity index (χ1n) is 5.44. The molecule has 0 aromatic rings. The van der Waals surface area contributed by atoms with E-state index in [0.29, 0.717) is 13.0 Å². The highest BCUT2D eigenvalue weighted by Gasteiger charge is 2.35. The zero-order chi connectivity index (χ0) is 12.1. The number of rotatable bonds is 7. The largest absolute Gasteiger partial charge is 0.480 e. The molecule has 90 valence electrons. The van der Waals surface area contributed by atoms with Crippen LogP contribution in [0.15, 0.2) is 0 Å². The number of aliphatic carboxylic acids is 1. The van der Waals surface area contributed by atoms with Gasteiger partial charge in [-0.2, -0.15) is 0 Å². The van der Waals surface area contributed by atoms with Gasteiger partial charge >= 0.3 is 5.97 Å². The smallest absolute Gasteiger partial charge is 0.323 e. The summed E-state index contributed by atoms with van der Waals surface area (Å²) in [5.74, 6) is -0.831. The highest BCUT2D eigenvalue weighted by molar-refractivity contribution is 5.78. The first-order chi connectivity index (χ1) is 6.81. The lowest BCUT2D eigenvalue weighted by atomic mass is 9.94. The van der Waals surface area contributed by atoms with Crippen molar-refractivity contribution in [2.45, 2.75) is 58.7 Å². The molecule has 15 heavy (non-hydrogen) atoms. The normalized spacial score (nSPS) is 17.5. The second kappa shape index (κ2) is 6.08. The van der Waals surface area contributed by atoms with Crippen LogP contribution in [0.1, 0.15) is 41.0 Å². The Morgan fingerprint density at radius 3 is 2.33 bits per heavy atom. The number of ether oxygens (including phenoxy) is 1. The molecule has 0 saturated carbocycles. The summed E-state index contributed by atoms with van der Waals surface area (Å²) in [5, 5.41) is 12.2. The number of carboxylic acids is 1. The summed E-state index contributed by atoms with van der Waals surface area (Å²) in [7, 11) is 0. The molecular weight excluding hydrogens is 194 g/mol. The fraction of sp³-hybridized carbons (Fsp3) is 0.909. The van der Waals surface area contributed by atoms with Crippen LogP contribution in [0.3, 0.4) is 0 Å².